The third-order valence-electron chi connectivity index (χ3n) is 4.88. The molecule has 0 spiro atoms. The maximum Gasteiger partial charge on any atom is 0.408 e. The number of nitrogens with zero attached hydrogens (tertiary/aromatic N) is 1. The first kappa shape index (κ1) is 24.3. The molecule has 0 bridgehead atoms. The average molecular weight is 471 g/mol. The average Bonchev–Trinajstić information content (AvgIpc) is 3.00. The lowest BCUT2D eigenvalue weighted by atomic mass is 10.1. The number of ether oxygens (including phenoxy) is 1. The van der Waals surface area contributed by atoms with Crippen LogP contribution in [0.25, 0.3) is 0 Å². The standard InChI is InChI=1S/C24H26N2O6S/c1-24(2,3)32-23(31)25-18(15-9-5-4-6-10-15)13-33-14-19(22(29)30)26-20(27)16-11-7-8-12-17(16)21(26)28/h4-12,18-19H,13-14H2,1-3H3,(H,25,31)(H,29,30)/t18-,19-/m0/s1. The second-order valence-corrected chi connectivity index (χ2v) is 9.60. The first-order valence-corrected chi connectivity index (χ1v) is 11.6. The Morgan fingerprint density at radius 1 is 0.970 bits per heavy atom. The minimum absolute atomic E-state index is 0.0276. The molecule has 3 amide bonds. The number of rotatable bonds is 8. The molecule has 0 saturated carbocycles. The highest BCUT2D eigenvalue weighted by Crippen LogP contribution is 2.27. The predicted octanol–water partition coefficient (Wildman–Crippen LogP) is 3.74. The summed E-state index contributed by atoms with van der Waals surface area (Å²) in [5.74, 6) is -2.21. The molecule has 0 fully saturated rings. The lowest BCUT2D eigenvalue weighted by Crippen LogP contribution is -2.46. The third kappa shape index (κ3) is 5.92. The second-order valence-electron chi connectivity index (χ2n) is 8.53. The number of alkyl carbamates (subject to hydrolysis) is 1. The van der Waals surface area contributed by atoms with Gasteiger partial charge in [-0.1, -0.05) is 42.5 Å². The molecule has 0 aliphatic carbocycles. The van der Waals surface area contributed by atoms with Gasteiger partial charge in [-0.25, -0.2) is 9.59 Å². The second kappa shape index (κ2) is 10.1. The molecule has 2 aromatic carbocycles. The number of hydrogen-bond donors (Lipinski definition) is 2. The highest BCUT2D eigenvalue weighted by Gasteiger charge is 2.42. The topological polar surface area (TPSA) is 113 Å². The van der Waals surface area contributed by atoms with E-state index in [-0.39, 0.29) is 16.9 Å². The summed E-state index contributed by atoms with van der Waals surface area (Å²) in [5, 5.41) is 12.6. The highest BCUT2D eigenvalue weighted by molar-refractivity contribution is 7.99. The van der Waals surface area contributed by atoms with Gasteiger partial charge in [-0.2, -0.15) is 11.8 Å². The molecule has 174 valence electrons. The molecule has 0 aromatic heterocycles. The Morgan fingerprint density at radius 3 is 2.03 bits per heavy atom. The van der Waals surface area contributed by atoms with Crippen LogP contribution in [0.5, 0.6) is 0 Å². The van der Waals surface area contributed by atoms with Crippen molar-refractivity contribution in [2.75, 3.05) is 11.5 Å². The molecule has 2 aromatic rings. The van der Waals surface area contributed by atoms with Gasteiger partial charge < -0.3 is 15.2 Å². The number of carboxylic acid groups (broad SMARTS) is 1. The largest absolute Gasteiger partial charge is 0.480 e. The van der Waals surface area contributed by atoms with E-state index in [0.717, 1.165) is 10.5 Å². The summed E-state index contributed by atoms with van der Waals surface area (Å²) >= 11 is 1.23. The molecular weight excluding hydrogens is 444 g/mol. The molecule has 2 atom stereocenters. The van der Waals surface area contributed by atoms with Crippen LogP contribution in [0.2, 0.25) is 0 Å². The number of thioether (sulfide) groups is 1. The lowest BCUT2D eigenvalue weighted by molar-refractivity contribution is -0.140. The summed E-state index contributed by atoms with van der Waals surface area (Å²) in [5.41, 5.74) is 0.557. The van der Waals surface area contributed by atoms with E-state index in [2.05, 4.69) is 5.32 Å². The van der Waals surface area contributed by atoms with Gasteiger partial charge in [0.2, 0.25) is 0 Å². The van der Waals surface area contributed by atoms with Gasteiger partial charge in [-0.05, 0) is 38.5 Å². The van der Waals surface area contributed by atoms with Gasteiger partial charge in [0.15, 0.2) is 0 Å². The summed E-state index contributed by atoms with van der Waals surface area (Å²) in [6.07, 6.45) is -0.591. The quantitative estimate of drug-likeness (QED) is 0.565. The summed E-state index contributed by atoms with van der Waals surface area (Å²) in [7, 11) is 0. The molecular formula is C24H26N2O6S. The normalized spacial score (nSPS) is 15.1. The van der Waals surface area contributed by atoms with Gasteiger partial charge in [-0.3, -0.25) is 14.5 Å². The first-order chi connectivity index (χ1) is 15.6. The van der Waals surface area contributed by atoms with E-state index in [0.29, 0.717) is 5.75 Å². The molecule has 0 radical (unpaired) electrons. The monoisotopic (exact) mass is 470 g/mol. The van der Waals surface area contributed by atoms with Crippen molar-refractivity contribution in [3.8, 4) is 0 Å². The Balaban J connectivity index is 1.71. The third-order valence-corrected chi connectivity index (χ3v) is 6.00. The summed E-state index contributed by atoms with van der Waals surface area (Å²) in [4.78, 5) is 50.5. The number of imide groups is 1. The number of amides is 3. The van der Waals surface area contributed by atoms with E-state index in [1.807, 2.05) is 30.3 Å². The number of benzene rings is 2. The molecule has 33 heavy (non-hydrogen) atoms. The number of carbonyl (C=O) groups is 4. The van der Waals surface area contributed by atoms with Crippen LogP contribution in [0, 0.1) is 0 Å². The van der Waals surface area contributed by atoms with E-state index >= 15 is 0 Å². The number of hydrogen-bond acceptors (Lipinski definition) is 6. The highest BCUT2D eigenvalue weighted by atomic mass is 32.2. The van der Waals surface area contributed by atoms with Crippen molar-refractivity contribution in [2.24, 2.45) is 0 Å². The number of carboxylic acids is 1. The van der Waals surface area contributed by atoms with Gasteiger partial charge in [-0.15, -0.1) is 0 Å². The molecule has 0 unspecified atom stereocenters. The zero-order valence-corrected chi connectivity index (χ0v) is 19.4. The number of fused-ring (bicyclic) bond motifs is 1. The van der Waals surface area contributed by atoms with Crippen molar-refractivity contribution in [2.45, 2.75) is 38.5 Å². The minimum atomic E-state index is -1.33. The van der Waals surface area contributed by atoms with Crippen LogP contribution in [0.3, 0.4) is 0 Å². The molecule has 2 N–H and O–H groups in total. The smallest absolute Gasteiger partial charge is 0.408 e. The Morgan fingerprint density at radius 2 is 1.52 bits per heavy atom. The van der Waals surface area contributed by atoms with Crippen molar-refractivity contribution in [1.29, 1.82) is 0 Å². The number of aliphatic carboxylic acids is 1. The van der Waals surface area contributed by atoms with Gasteiger partial charge in [0, 0.05) is 11.5 Å². The van der Waals surface area contributed by atoms with E-state index < -0.39 is 41.6 Å². The van der Waals surface area contributed by atoms with Crippen LogP contribution < -0.4 is 5.32 Å². The maximum absolute atomic E-state index is 12.7. The van der Waals surface area contributed by atoms with Crippen molar-refractivity contribution < 1.29 is 29.0 Å². The Labute approximate surface area is 196 Å². The van der Waals surface area contributed by atoms with Gasteiger partial charge >= 0.3 is 12.1 Å². The Hall–Kier alpha value is -3.33. The molecule has 3 rings (SSSR count). The van der Waals surface area contributed by atoms with Crippen LogP contribution in [0.4, 0.5) is 4.79 Å². The van der Waals surface area contributed by atoms with Crippen molar-refractivity contribution in [3.05, 3.63) is 71.3 Å². The van der Waals surface area contributed by atoms with Crippen LogP contribution in [0.15, 0.2) is 54.6 Å². The van der Waals surface area contributed by atoms with Crippen molar-refractivity contribution in [1.82, 2.24) is 10.2 Å². The Kier molecular flexibility index (Phi) is 7.43. The SMILES string of the molecule is CC(C)(C)OC(=O)N[C@@H](CSC[C@@H](C(=O)O)N1C(=O)c2ccccc2C1=O)c1ccccc1. The van der Waals surface area contributed by atoms with Gasteiger partial charge in [0.25, 0.3) is 11.8 Å². The molecule has 1 aliphatic heterocycles. The van der Waals surface area contributed by atoms with E-state index in [1.54, 1.807) is 32.9 Å². The first-order valence-electron chi connectivity index (χ1n) is 10.4. The van der Waals surface area contributed by atoms with E-state index in [4.69, 9.17) is 4.74 Å². The molecule has 1 heterocycles. The van der Waals surface area contributed by atoms with E-state index in [1.165, 1.54) is 23.9 Å². The minimum Gasteiger partial charge on any atom is -0.480 e. The lowest BCUT2D eigenvalue weighted by Gasteiger charge is -2.25. The van der Waals surface area contributed by atoms with Crippen molar-refractivity contribution >= 4 is 35.6 Å². The summed E-state index contributed by atoms with van der Waals surface area (Å²) in [6.45, 7) is 5.29. The zero-order valence-electron chi connectivity index (χ0n) is 18.6. The fourth-order valence-electron chi connectivity index (χ4n) is 3.40. The molecule has 1 aliphatic rings. The fourth-order valence-corrected chi connectivity index (χ4v) is 4.56. The zero-order chi connectivity index (χ0) is 24.2. The van der Waals surface area contributed by atoms with E-state index in [9.17, 15) is 24.3 Å². The maximum atomic E-state index is 12.7. The molecule has 8 nitrogen and oxygen atoms in total. The molecule has 0 saturated heterocycles. The molecule has 9 heteroatoms. The van der Waals surface area contributed by atoms with Crippen LogP contribution in [-0.2, 0) is 9.53 Å². The van der Waals surface area contributed by atoms with Crippen LogP contribution >= 0.6 is 11.8 Å². The van der Waals surface area contributed by atoms with Crippen LogP contribution in [0.1, 0.15) is 53.1 Å². The summed E-state index contributed by atoms with van der Waals surface area (Å²) in [6, 6.07) is 13.7. The number of nitrogens with one attached hydrogen (secondary N) is 1. The van der Waals surface area contributed by atoms with Crippen LogP contribution in [-0.4, -0.2) is 57.0 Å². The fraction of sp³-hybridized carbons (Fsp3) is 0.333. The predicted molar refractivity (Wildman–Crippen MR) is 124 cm³/mol. The summed E-state index contributed by atoms with van der Waals surface area (Å²) < 4.78 is 5.35. The van der Waals surface area contributed by atoms with Gasteiger partial charge in [0.1, 0.15) is 11.6 Å². The van der Waals surface area contributed by atoms with Gasteiger partial charge in [0.05, 0.1) is 17.2 Å². The number of carbonyl (C=O) groups excluding carboxylic acids is 3. The van der Waals surface area contributed by atoms with Crippen molar-refractivity contribution in [3.63, 3.8) is 0 Å². The Bertz CT molecular complexity index is 1020.